The lowest BCUT2D eigenvalue weighted by Crippen LogP contribution is -2.41. The quantitative estimate of drug-likeness (QED) is 0.367. The van der Waals surface area contributed by atoms with Gasteiger partial charge in [-0.3, -0.25) is 0 Å². The molecule has 1 rings (SSSR count). The van der Waals surface area contributed by atoms with Crippen molar-refractivity contribution >= 4 is 36.0 Å². The zero-order valence-electron chi connectivity index (χ0n) is 13.2. The van der Waals surface area contributed by atoms with Gasteiger partial charge in [0.15, 0.2) is 8.32 Å². The summed E-state index contributed by atoms with van der Waals surface area (Å²) in [5.74, 6) is 0.891. The third-order valence-electron chi connectivity index (χ3n) is 3.70. The molecule has 0 aliphatic heterocycles. The molecule has 0 aliphatic rings. The fourth-order valence-electron chi connectivity index (χ4n) is 1.41. The molecule has 20 heavy (non-hydrogen) atoms. The maximum atomic E-state index is 6.10. The first-order chi connectivity index (χ1) is 9.15. The van der Waals surface area contributed by atoms with Crippen LogP contribution in [0.5, 0.6) is 5.75 Å². The fourth-order valence-corrected chi connectivity index (χ4v) is 3.54. The summed E-state index contributed by atoms with van der Waals surface area (Å²) >= 11 is 5.21. The van der Waals surface area contributed by atoms with Gasteiger partial charge in [0.2, 0.25) is 0 Å². The van der Waals surface area contributed by atoms with Gasteiger partial charge in [-0.15, -0.1) is 11.8 Å². The van der Waals surface area contributed by atoms with Gasteiger partial charge in [0.1, 0.15) is 12.4 Å². The normalized spacial score (nSPS) is 12.6. The van der Waals surface area contributed by atoms with Crippen molar-refractivity contribution in [3.05, 3.63) is 22.7 Å². The molecular weight excluding hydrogens is 352 g/mol. The van der Waals surface area contributed by atoms with E-state index in [0.29, 0.717) is 13.2 Å². The summed E-state index contributed by atoms with van der Waals surface area (Å²) in [7, 11) is -1.67. The lowest BCUT2D eigenvalue weighted by atomic mass is 10.2. The van der Waals surface area contributed by atoms with Gasteiger partial charge < -0.3 is 9.16 Å². The molecule has 1 aromatic rings. The number of benzene rings is 1. The average Bonchev–Trinajstić information content (AvgIpc) is 2.32. The van der Waals surface area contributed by atoms with Crippen molar-refractivity contribution in [2.24, 2.45) is 0 Å². The second-order valence-corrected chi connectivity index (χ2v) is 12.9. The lowest BCUT2D eigenvalue weighted by Gasteiger charge is -2.36. The number of thioether (sulfide) groups is 1. The van der Waals surface area contributed by atoms with Crippen LogP contribution >= 0.6 is 27.7 Å². The maximum Gasteiger partial charge on any atom is 0.192 e. The van der Waals surface area contributed by atoms with E-state index in [1.54, 1.807) is 11.8 Å². The van der Waals surface area contributed by atoms with Crippen molar-refractivity contribution in [2.45, 2.75) is 43.8 Å². The Bertz CT molecular complexity index is 444. The smallest absolute Gasteiger partial charge is 0.192 e. The van der Waals surface area contributed by atoms with E-state index in [1.165, 1.54) is 4.90 Å². The second-order valence-electron chi connectivity index (χ2n) is 6.28. The van der Waals surface area contributed by atoms with Crippen LogP contribution in [-0.4, -0.2) is 27.8 Å². The van der Waals surface area contributed by atoms with Gasteiger partial charge in [0.25, 0.3) is 0 Å². The van der Waals surface area contributed by atoms with Gasteiger partial charge >= 0.3 is 0 Å². The first kappa shape index (κ1) is 18.1. The number of ether oxygens (including phenoxy) is 1. The van der Waals surface area contributed by atoms with Crippen molar-refractivity contribution in [3.8, 4) is 5.75 Å². The van der Waals surface area contributed by atoms with Gasteiger partial charge in [0, 0.05) is 9.37 Å². The molecule has 0 saturated heterocycles. The molecule has 2 nitrogen and oxygen atoms in total. The highest BCUT2D eigenvalue weighted by molar-refractivity contribution is 9.10. The van der Waals surface area contributed by atoms with Gasteiger partial charge in [-0.05, 0) is 42.6 Å². The molecule has 0 radical (unpaired) electrons. The summed E-state index contributed by atoms with van der Waals surface area (Å²) in [5.41, 5.74) is 0. The third-order valence-corrected chi connectivity index (χ3v) is 9.40. The minimum atomic E-state index is -1.67. The van der Waals surface area contributed by atoms with E-state index in [1.807, 2.05) is 6.07 Å². The molecule has 0 atom stereocenters. The molecule has 0 N–H and O–H groups in total. The minimum absolute atomic E-state index is 0.245. The van der Waals surface area contributed by atoms with E-state index in [0.717, 1.165) is 10.2 Å². The molecule has 0 aliphatic carbocycles. The molecule has 0 heterocycles. The Balaban J connectivity index is 2.48. The highest BCUT2D eigenvalue weighted by atomic mass is 79.9. The predicted octanol–water partition coefficient (Wildman–Crippen LogP) is 5.57. The summed E-state index contributed by atoms with van der Waals surface area (Å²) in [5, 5.41) is 0.245. The number of hydrogen-bond acceptors (Lipinski definition) is 3. The largest absolute Gasteiger partial charge is 0.491 e. The summed E-state index contributed by atoms with van der Waals surface area (Å²) in [6, 6.07) is 6.14. The molecule has 114 valence electrons. The van der Waals surface area contributed by atoms with E-state index in [-0.39, 0.29) is 5.04 Å². The highest BCUT2D eigenvalue weighted by Crippen LogP contribution is 2.36. The van der Waals surface area contributed by atoms with Crippen molar-refractivity contribution < 1.29 is 9.16 Å². The van der Waals surface area contributed by atoms with Crippen molar-refractivity contribution in [2.75, 3.05) is 19.5 Å². The summed E-state index contributed by atoms with van der Waals surface area (Å²) < 4.78 is 12.9. The van der Waals surface area contributed by atoms with Crippen LogP contribution in [0.4, 0.5) is 0 Å². The average molecular weight is 377 g/mol. The molecule has 5 heteroatoms. The van der Waals surface area contributed by atoms with Crippen LogP contribution in [0.3, 0.4) is 0 Å². The first-order valence-corrected chi connectivity index (χ1v) is 11.7. The van der Waals surface area contributed by atoms with Gasteiger partial charge in [-0.2, -0.15) is 0 Å². The van der Waals surface area contributed by atoms with Crippen molar-refractivity contribution in [3.63, 3.8) is 0 Å². The molecule has 0 unspecified atom stereocenters. The van der Waals surface area contributed by atoms with Gasteiger partial charge in [-0.1, -0.05) is 36.7 Å². The van der Waals surface area contributed by atoms with E-state index < -0.39 is 8.32 Å². The lowest BCUT2D eigenvalue weighted by molar-refractivity contribution is 0.203. The molecule has 0 amide bonds. The van der Waals surface area contributed by atoms with Crippen LogP contribution in [0, 0.1) is 0 Å². The Kier molecular flexibility index (Phi) is 6.63. The van der Waals surface area contributed by atoms with Crippen LogP contribution in [0.1, 0.15) is 20.8 Å². The van der Waals surface area contributed by atoms with Crippen LogP contribution in [0.2, 0.25) is 18.1 Å². The third kappa shape index (κ3) is 5.43. The van der Waals surface area contributed by atoms with Crippen molar-refractivity contribution in [1.29, 1.82) is 0 Å². The fraction of sp³-hybridized carbons (Fsp3) is 0.600. The van der Waals surface area contributed by atoms with E-state index in [9.17, 15) is 0 Å². The SMILES string of the molecule is CSc1cc(Br)cc(OCCO[Si](C)(C)C(C)(C)C)c1. The molecule has 0 bridgehead atoms. The summed E-state index contributed by atoms with van der Waals surface area (Å²) in [4.78, 5) is 1.19. The molecule has 1 aromatic carbocycles. The topological polar surface area (TPSA) is 18.5 Å². The molecular formula is C15H25BrO2SSi. The molecule has 0 spiro atoms. The maximum absolute atomic E-state index is 6.10. The predicted molar refractivity (Wildman–Crippen MR) is 94.6 cm³/mol. The van der Waals surface area contributed by atoms with Gasteiger partial charge in [-0.25, -0.2) is 0 Å². The number of rotatable bonds is 6. The molecule has 0 saturated carbocycles. The van der Waals surface area contributed by atoms with Crippen LogP contribution < -0.4 is 4.74 Å². The monoisotopic (exact) mass is 376 g/mol. The van der Waals surface area contributed by atoms with Crippen LogP contribution in [0.15, 0.2) is 27.6 Å². The van der Waals surface area contributed by atoms with Gasteiger partial charge in [0.05, 0.1) is 6.61 Å². The van der Waals surface area contributed by atoms with E-state index in [4.69, 9.17) is 9.16 Å². The standard InChI is InChI=1S/C15H25BrO2SSi/c1-15(2,3)20(5,6)18-8-7-17-13-9-12(16)10-14(11-13)19-4/h9-11H,7-8H2,1-6H3. The Morgan fingerprint density at radius 3 is 2.35 bits per heavy atom. The Labute approximate surface area is 136 Å². The van der Waals surface area contributed by atoms with Crippen molar-refractivity contribution in [1.82, 2.24) is 0 Å². The first-order valence-electron chi connectivity index (χ1n) is 6.77. The van der Waals surface area contributed by atoms with Crippen LogP contribution in [-0.2, 0) is 4.43 Å². The zero-order chi connectivity index (χ0) is 15.4. The Morgan fingerprint density at radius 1 is 1.15 bits per heavy atom. The number of hydrogen-bond donors (Lipinski definition) is 0. The second kappa shape index (κ2) is 7.34. The number of halogens is 1. The Hall–Kier alpha value is 0.0269. The molecule has 0 fully saturated rings. The van der Waals surface area contributed by atoms with E-state index >= 15 is 0 Å². The minimum Gasteiger partial charge on any atom is -0.491 e. The highest BCUT2D eigenvalue weighted by Gasteiger charge is 2.36. The summed E-state index contributed by atoms with van der Waals surface area (Å²) in [6.45, 7) is 12.5. The molecule has 0 aromatic heterocycles. The van der Waals surface area contributed by atoms with Crippen LogP contribution in [0.25, 0.3) is 0 Å². The summed E-state index contributed by atoms with van der Waals surface area (Å²) in [6.07, 6.45) is 2.06. The zero-order valence-corrected chi connectivity index (χ0v) is 16.7. The van der Waals surface area contributed by atoms with E-state index in [2.05, 4.69) is 68.2 Å². The Morgan fingerprint density at radius 2 is 1.80 bits per heavy atom.